The molecule has 2 aromatic rings. The van der Waals surface area contributed by atoms with Crippen LogP contribution in [-0.4, -0.2) is 32.4 Å². The van der Waals surface area contributed by atoms with Crippen molar-refractivity contribution in [3.8, 4) is 11.5 Å². The Balaban J connectivity index is 1.66. The zero-order valence-corrected chi connectivity index (χ0v) is 15.9. The summed E-state index contributed by atoms with van der Waals surface area (Å²) in [6.45, 7) is 3.86. The number of hydrogen-bond donors (Lipinski definition) is 2. The molecular formula is C21H27N3O3. The maximum Gasteiger partial charge on any atom is 0.193 e. The second-order valence-electron chi connectivity index (χ2n) is 6.58. The minimum atomic E-state index is 0.180. The van der Waals surface area contributed by atoms with Gasteiger partial charge in [-0.25, -0.2) is 4.99 Å². The second-order valence-corrected chi connectivity index (χ2v) is 6.58. The van der Waals surface area contributed by atoms with E-state index in [2.05, 4.69) is 10.3 Å². The molecule has 0 radical (unpaired) electrons. The molecule has 1 heterocycles. The molecule has 27 heavy (non-hydrogen) atoms. The van der Waals surface area contributed by atoms with Crippen LogP contribution in [0.3, 0.4) is 0 Å². The molecule has 1 saturated heterocycles. The molecule has 3 rings (SSSR count). The van der Waals surface area contributed by atoms with E-state index in [4.69, 9.17) is 19.9 Å². The first kappa shape index (κ1) is 19.0. The van der Waals surface area contributed by atoms with Gasteiger partial charge in [-0.1, -0.05) is 24.3 Å². The van der Waals surface area contributed by atoms with E-state index in [1.54, 1.807) is 7.11 Å². The molecule has 0 spiro atoms. The normalized spacial score (nSPS) is 17.0. The number of rotatable bonds is 7. The molecule has 6 heteroatoms. The lowest BCUT2D eigenvalue weighted by Crippen LogP contribution is -2.23. The van der Waals surface area contributed by atoms with Gasteiger partial charge in [0.2, 0.25) is 0 Å². The van der Waals surface area contributed by atoms with Gasteiger partial charge in [-0.2, -0.15) is 0 Å². The summed E-state index contributed by atoms with van der Waals surface area (Å²) in [6, 6.07) is 13.7. The largest absolute Gasteiger partial charge is 0.495 e. The van der Waals surface area contributed by atoms with Crippen molar-refractivity contribution in [2.24, 2.45) is 10.7 Å². The summed E-state index contributed by atoms with van der Waals surface area (Å²) in [5, 5.41) is 3.08. The van der Waals surface area contributed by atoms with E-state index in [-0.39, 0.29) is 6.10 Å². The molecule has 144 valence electrons. The number of ether oxygens (including phenoxy) is 3. The number of guanidine groups is 1. The van der Waals surface area contributed by atoms with E-state index in [0.717, 1.165) is 42.0 Å². The van der Waals surface area contributed by atoms with Gasteiger partial charge in [0.25, 0.3) is 0 Å². The highest BCUT2D eigenvalue weighted by molar-refractivity contribution is 5.93. The number of methoxy groups -OCH3 is 1. The predicted molar refractivity (Wildman–Crippen MR) is 108 cm³/mol. The molecule has 0 saturated carbocycles. The summed E-state index contributed by atoms with van der Waals surface area (Å²) in [7, 11) is 1.62. The number of nitrogens with two attached hydrogens (primary N) is 1. The molecule has 1 aliphatic heterocycles. The van der Waals surface area contributed by atoms with Gasteiger partial charge in [0.1, 0.15) is 18.1 Å². The van der Waals surface area contributed by atoms with Crippen molar-refractivity contribution in [2.75, 3.05) is 25.6 Å². The van der Waals surface area contributed by atoms with Gasteiger partial charge in [0.15, 0.2) is 5.96 Å². The number of benzene rings is 2. The first-order valence-electron chi connectivity index (χ1n) is 9.19. The Morgan fingerprint density at radius 2 is 2.11 bits per heavy atom. The molecule has 1 fully saturated rings. The Kier molecular flexibility index (Phi) is 6.54. The molecule has 2 aromatic carbocycles. The fraction of sp³-hybridized carbons (Fsp3) is 0.381. The molecule has 1 atom stereocenters. The highest BCUT2D eigenvalue weighted by atomic mass is 16.5. The van der Waals surface area contributed by atoms with Crippen LogP contribution in [0.15, 0.2) is 47.5 Å². The lowest BCUT2D eigenvalue weighted by atomic mass is 10.1. The van der Waals surface area contributed by atoms with Gasteiger partial charge in [-0.15, -0.1) is 0 Å². The third kappa shape index (κ3) is 5.37. The van der Waals surface area contributed by atoms with Gasteiger partial charge in [-0.05, 0) is 43.5 Å². The molecule has 0 aromatic heterocycles. The van der Waals surface area contributed by atoms with Crippen molar-refractivity contribution >= 4 is 11.6 Å². The molecule has 1 aliphatic rings. The number of anilines is 1. The van der Waals surface area contributed by atoms with Crippen LogP contribution in [0.5, 0.6) is 11.5 Å². The van der Waals surface area contributed by atoms with Crippen molar-refractivity contribution in [3.05, 3.63) is 53.6 Å². The van der Waals surface area contributed by atoms with Crippen molar-refractivity contribution in [1.29, 1.82) is 0 Å². The van der Waals surface area contributed by atoms with Crippen LogP contribution in [0.2, 0.25) is 0 Å². The van der Waals surface area contributed by atoms with Crippen LogP contribution in [0, 0.1) is 6.92 Å². The van der Waals surface area contributed by atoms with E-state index in [0.29, 0.717) is 24.9 Å². The predicted octanol–water partition coefficient (Wildman–Crippen LogP) is 3.49. The maximum atomic E-state index is 6.05. The zero-order chi connectivity index (χ0) is 19.1. The third-order valence-electron chi connectivity index (χ3n) is 4.46. The smallest absolute Gasteiger partial charge is 0.193 e. The van der Waals surface area contributed by atoms with Crippen molar-refractivity contribution in [3.63, 3.8) is 0 Å². The van der Waals surface area contributed by atoms with Crippen LogP contribution in [0.25, 0.3) is 0 Å². The van der Waals surface area contributed by atoms with Gasteiger partial charge in [0, 0.05) is 12.2 Å². The van der Waals surface area contributed by atoms with E-state index >= 15 is 0 Å². The molecule has 3 N–H and O–H groups in total. The Morgan fingerprint density at radius 3 is 2.89 bits per heavy atom. The number of nitrogens with one attached hydrogen (secondary N) is 1. The summed E-state index contributed by atoms with van der Waals surface area (Å²) in [5.74, 6) is 1.87. The molecule has 6 nitrogen and oxygen atoms in total. The first-order valence-corrected chi connectivity index (χ1v) is 9.19. The third-order valence-corrected chi connectivity index (χ3v) is 4.46. The monoisotopic (exact) mass is 369 g/mol. The van der Waals surface area contributed by atoms with Crippen LogP contribution < -0.4 is 20.5 Å². The summed E-state index contributed by atoms with van der Waals surface area (Å²) in [5.41, 5.74) is 8.96. The van der Waals surface area contributed by atoms with E-state index in [9.17, 15) is 0 Å². The van der Waals surface area contributed by atoms with Crippen molar-refractivity contribution < 1.29 is 14.2 Å². The van der Waals surface area contributed by atoms with Crippen LogP contribution in [-0.2, 0) is 11.3 Å². The van der Waals surface area contributed by atoms with Gasteiger partial charge >= 0.3 is 0 Å². The topological polar surface area (TPSA) is 78.1 Å². The Morgan fingerprint density at radius 1 is 1.26 bits per heavy atom. The second kappa shape index (κ2) is 9.28. The van der Waals surface area contributed by atoms with Gasteiger partial charge < -0.3 is 25.3 Å². The number of aliphatic imine (C=N–C) groups is 1. The van der Waals surface area contributed by atoms with E-state index < -0.39 is 0 Å². The zero-order valence-electron chi connectivity index (χ0n) is 15.9. The molecular weight excluding hydrogens is 342 g/mol. The summed E-state index contributed by atoms with van der Waals surface area (Å²) < 4.78 is 17.0. The molecule has 0 aliphatic carbocycles. The minimum absolute atomic E-state index is 0.180. The minimum Gasteiger partial charge on any atom is -0.495 e. The summed E-state index contributed by atoms with van der Waals surface area (Å²) in [6.07, 6.45) is 2.33. The Bertz CT molecular complexity index is 786. The first-order chi connectivity index (χ1) is 13.2. The van der Waals surface area contributed by atoms with Crippen LogP contribution >= 0.6 is 0 Å². The lowest BCUT2D eigenvalue weighted by Gasteiger charge is -2.15. The molecule has 0 amide bonds. The average Bonchev–Trinajstić information content (AvgIpc) is 3.19. The fourth-order valence-electron chi connectivity index (χ4n) is 2.98. The standard InChI is InChI=1S/C21H27N3O3/c1-15-9-10-16(20(12-15)27-14-17-6-5-11-26-17)13-23-21(22)24-18-7-3-4-8-19(18)25-2/h3-4,7-10,12,17H,5-6,11,13-14H2,1-2H3,(H3,22,23,24). The number of aryl methyl sites for hydroxylation is 1. The number of para-hydroxylation sites is 2. The average molecular weight is 369 g/mol. The quantitative estimate of drug-likeness (QED) is 0.577. The number of nitrogens with zero attached hydrogens (tertiary/aromatic N) is 1. The van der Waals surface area contributed by atoms with Crippen LogP contribution in [0.4, 0.5) is 5.69 Å². The van der Waals surface area contributed by atoms with Crippen molar-refractivity contribution in [2.45, 2.75) is 32.4 Å². The van der Waals surface area contributed by atoms with E-state index in [1.165, 1.54) is 0 Å². The Hall–Kier alpha value is -2.73. The van der Waals surface area contributed by atoms with E-state index in [1.807, 2.05) is 49.4 Å². The van der Waals surface area contributed by atoms with Crippen molar-refractivity contribution in [1.82, 2.24) is 0 Å². The summed E-state index contributed by atoms with van der Waals surface area (Å²) >= 11 is 0. The highest BCUT2D eigenvalue weighted by Gasteiger charge is 2.17. The lowest BCUT2D eigenvalue weighted by molar-refractivity contribution is 0.0676. The van der Waals surface area contributed by atoms with Gasteiger partial charge in [-0.3, -0.25) is 0 Å². The Labute approximate surface area is 160 Å². The highest BCUT2D eigenvalue weighted by Crippen LogP contribution is 2.24. The molecule has 0 bridgehead atoms. The maximum absolute atomic E-state index is 6.05. The fourth-order valence-corrected chi connectivity index (χ4v) is 2.98. The summed E-state index contributed by atoms with van der Waals surface area (Å²) in [4.78, 5) is 4.45. The SMILES string of the molecule is COc1ccccc1NC(N)=NCc1ccc(C)cc1OCC1CCCO1. The van der Waals surface area contributed by atoms with Crippen LogP contribution in [0.1, 0.15) is 24.0 Å². The number of hydrogen-bond acceptors (Lipinski definition) is 4. The van der Waals surface area contributed by atoms with Gasteiger partial charge in [0.05, 0.1) is 25.4 Å². The molecule has 1 unspecified atom stereocenters.